The summed E-state index contributed by atoms with van der Waals surface area (Å²) in [6.45, 7) is 2.45. The lowest BCUT2D eigenvalue weighted by atomic mass is 9.77. The second kappa shape index (κ2) is 5.53. The number of rotatable bonds is 3. The number of carbonyl (C=O) groups is 2. The number of alkyl halides is 1. The van der Waals surface area contributed by atoms with Crippen molar-refractivity contribution in [3.63, 3.8) is 0 Å². The molecule has 3 aliphatic rings. The van der Waals surface area contributed by atoms with Crippen molar-refractivity contribution in [3.8, 4) is 0 Å². The van der Waals surface area contributed by atoms with E-state index in [1.54, 1.807) is 17.3 Å². The largest absolute Gasteiger partial charge is 0.340 e. The van der Waals surface area contributed by atoms with Crippen molar-refractivity contribution in [2.75, 3.05) is 19.6 Å². The van der Waals surface area contributed by atoms with E-state index in [0.29, 0.717) is 38.9 Å². The van der Waals surface area contributed by atoms with Gasteiger partial charge in [0.15, 0.2) is 5.67 Å². The molecule has 1 saturated carbocycles. The van der Waals surface area contributed by atoms with Crippen molar-refractivity contribution in [3.05, 3.63) is 30.1 Å². The standard InChI is InChI=1S/C18H22FN3O2/c19-18(3-4-18)16(24)21-8-5-17(6-9-21)10-15(23)22(13-17)12-14-2-1-7-20-11-14/h1-2,7,11H,3-6,8-10,12-13H2. The van der Waals surface area contributed by atoms with Gasteiger partial charge in [0.05, 0.1) is 0 Å². The monoisotopic (exact) mass is 331 g/mol. The van der Waals surface area contributed by atoms with Gasteiger partial charge in [-0.05, 0) is 37.3 Å². The van der Waals surface area contributed by atoms with E-state index in [-0.39, 0.29) is 17.2 Å². The van der Waals surface area contributed by atoms with Gasteiger partial charge >= 0.3 is 0 Å². The molecule has 4 rings (SSSR count). The van der Waals surface area contributed by atoms with Crippen LogP contribution in [0.2, 0.25) is 0 Å². The molecule has 24 heavy (non-hydrogen) atoms. The molecule has 6 heteroatoms. The highest BCUT2D eigenvalue weighted by molar-refractivity contribution is 5.88. The van der Waals surface area contributed by atoms with Crippen LogP contribution in [0, 0.1) is 5.41 Å². The Labute approximate surface area is 140 Å². The zero-order valence-corrected chi connectivity index (χ0v) is 13.7. The average molecular weight is 331 g/mol. The maximum atomic E-state index is 14.0. The molecule has 1 aromatic rings. The van der Waals surface area contributed by atoms with Crippen LogP contribution in [0.15, 0.2) is 24.5 Å². The summed E-state index contributed by atoms with van der Waals surface area (Å²) in [5.74, 6) is -0.170. The number of nitrogens with zero attached hydrogens (tertiary/aromatic N) is 3. The van der Waals surface area contributed by atoms with Gasteiger partial charge < -0.3 is 9.80 Å². The van der Waals surface area contributed by atoms with Crippen LogP contribution in [0.4, 0.5) is 4.39 Å². The zero-order chi connectivity index (χ0) is 16.8. The van der Waals surface area contributed by atoms with Gasteiger partial charge in [0.2, 0.25) is 5.91 Å². The summed E-state index contributed by atoms with van der Waals surface area (Å²) in [5.41, 5.74) is -0.602. The van der Waals surface area contributed by atoms with E-state index >= 15 is 0 Å². The summed E-state index contributed by atoms with van der Waals surface area (Å²) in [4.78, 5) is 32.2. The number of pyridine rings is 1. The van der Waals surface area contributed by atoms with Crippen molar-refractivity contribution in [2.45, 2.75) is 44.3 Å². The summed E-state index contributed by atoms with van der Waals surface area (Å²) < 4.78 is 14.0. The smallest absolute Gasteiger partial charge is 0.260 e. The number of halogens is 1. The Kier molecular flexibility index (Phi) is 3.58. The summed E-state index contributed by atoms with van der Waals surface area (Å²) in [6.07, 6.45) is 6.34. The molecule has 3 heterocycles. The molecule has 0 unspecified atom stereocenters. The molecule has 2 saturated heterocycles. The van der Waals surface area contributed by atoms with Crippen LogP contribution in [-0.4, -0.2) is 51.9 Å². The highest BCUT2D eigenvalue weighted by Gasteiger charge is 2.54. The fourth-order valence-electron chi connectivity index (χ4n) is 3.96. The Morgan fingerprint density at radius 2 is 2.00 bits per heavy atom. The van der Waals surface area contributed by atoms with Gasteiger partial charge in [-0.25, -0.2) is 4.39 Å². The fraction of sp³-hybridized carbons (Fsp3) is 0.611. The van der Waals surface area contributed by atoms with E-state index < -0.39 is 5.67 Å². The number of hydrogen-bond donors (Lipinski definition) is 0. The minimum atomic E-state index is -1.58. The number of carbonyl (C=O) groups excluding carboxylic acids is 2. The van der Waals surface area contributed by atoms with Crippen LogP contribution in [0.1, 0.15) is 37.7 Å². The Bertz CT molecular complexity index is 651. The topological polar surface area (TPSA) is 53.5 Å². The summed E-state index contributed by atoms with van der Waals surface area (Å²) in [5, 5.41) is 0. The Morgan fingerprint density at radius 3 is 2.62 bits per heavy atom. The fourth-order valence-corrected chi connectivity index (χ4v) is 3.96. The van der Waals surface area contributed by atoms with E-state index in [2.05, 4.69) is 4.98 Å². The predicted molar refractivity (Wildman–Crippen MR) is 85.6 cm³/mol. The molecule has 2 aliphatic heterocycles. The van der Waals surface area contributed by atoms with Gasteiger partial charge in [0.25, 0.3) is 5.91 Å². The highest BCUT2D eigenvalue weighted by Crippen LogP contribution is 2.45. The maximum absolute atomic E-state index is 14.0. The lowest BCUT2D eigenvalue weighted by molar-refractivity contribution is -0.140. The number of aromatic nitrogens is 1. The number of amides is 2. The van der Waals surface area contributed by atoms with Gasteiger partial charge in [-0.2, -0.15) is 0 Å². The lowest BCUT2D eigenvalue weighted by Gasteiger charge is -2.39. The second-order valence-electron chi connectivity index (χ2n) is 7.55. The summed E-state index contributed by atoms with van der Waals surface area (Å²) in [7, 11) is 0. The van der Waals surface area contributed by atoms with Gasteiger partial charge in [-0.3, -0.25) is 14.6 Å². The SMILES string of the molecule is O=C1CC2(CCN(C(=O)C3(F)CC3)CC2)CN1Cc1cccnc1. The Balaban J connectivity index is 1.37. The average Bonchev–Trinajstić information content (AvgIpc) is 3.27. The van der Waals surface area contributed by atoms with E-state index in [4.69, 9.17) is 0 Å². The zero-order valence-electron chi connectivity index (χ0n) is 13.7. The predicted octanol–water partition coefficient (Wildman–Crippen LogP) is 1.92. The minimum Gasteiger partial charge on any atom is -0.340 e. The molecule has 1 aromatic heterocycles. The molecular formula is C18H22FN3O2. The van der Waals surface area contributed by atoms with Crippen molar-refractivity contribution in [1.29, 1.82) is 0 Å². The van der Waals surface area contributed by atoms with Crippen molar-refractivity contribution < 1.29 is 14.0 Å². The number of hydrogen-bond acceptors (Lipinski definition) is 3. The molecule has 128 valence electrons. The van der Waals surface area contributed by atoms with Crippen molar-refractivity contribution in [1.82, 2.24) is 14.8 Å². The van der Waals surface area contributed by atoms with Gasteiger partial charge in [-0.1, -0.05) is 6.07 Å². The normalized spacial score (nSPS) is 24.5. The van der Waals surface area contributed by atoms with Crippen LogP contribution < -0.4 is 0 Å². The number of likely N-dealkylation sites (tertiary alicyclic amines) is 2. The van der Waals surface area contributed by atoms with Crippen LogP contribution >= 0.6 is 0 Å². The summed E-state index contributed by atoms with van der Waals surface area (Å²) in [6, 6.07) is 3.85. The van der Waals surface area contributed by atoms with Crippen LogP contribution in [0.5, 0.6) is 0 Å². The van der Waals surface area contributed by atoms with E-state index in [0.717, 1.165) is 24.9 Å². The molecule has 0 aromatic carbocycles. The van der Waals surface area contributed by atoms with Crippen molar-refractivity contribution in [2.24, 2.45) is 5.41 Å². The minimum absolute atomic E-state index is 0.0525. The molecule has 1 spiro atoms. The molecule has 0 N–H and O–H groups in total. The first-order valence-electron chi connectivity index (χ1n) is 8.65. The third kappa shape index (κ3) is 2.78. The summed E-state index contributed by atoms with van der Waals surface area (Å²) >= 11 is 0. The van der Waals surface area contributed by atoms with Crippen molar-refractivity contribution >= 4 is 11.8 Å². The van der Waals surface area contributed by atoms with Gasteiger partial charge in [0, 0.05) is 50.4 Å². The Hall–Kier alpha value is -1.98. The number of piperidine rings is 1. The molecule has 0 bridgehead atoms. The quantitative estimate of drug-likeness (QED) is 0.850. The molecule has 5 nitrogen and oxygen atoms in total. The first kappa shape index (κ1) is 15.5. The van der Waals surface area contributed by atoms with E-state index in [9.17, 15) is 14.0 Å². The van der Waals surface area contributed by atoms with Gasteiger partial charge in [0.1, 0.15) is 0 Å². The maximum Gasteiger partial charge on any atom is 0.260 e. The first-order chi connectivity index (χ1) is 11.5. The van der Waals surface area contributed by atoms with Crippen LogP contribution in [0.3, 0.4) is 0 Å². The molecule has 2 amide bonds. The Morgan fingerprint density at radius 1 is 1.25 bits per heavy atom. The molecule has 0 radical (unpaired) electrons. The lowest BCUT2D eigenvalue weighted by Crippen LogP contribution is -2.47. The van der Waals surface area contributed by atoms with Crippen LogP contribution in [-0.2, 0) is 16.1 Å². The third-order valence-electron chi connectivity index (χ3n) is 5.69. The molecule has 0 atom stereocenters. The molecular weight excluding hydrogens is 309 g/mol. The van der Waals surface area contributed by atoms with E-state index in [1.807, 2.05) is 17.0 Å². The molecule has 3 fully saturated rings. The van der Waals surface area contributed by atoms with Gasteiger partial charge in [-0.15, -0.1) is 0 Å². The van der Waals surface area contributed by atoms with E-state index in [1.165, 1.54) is 0 Å². The first-order valence-corrected chi connectivity index (χ1v) is 8.65. The highest BCUT2D eigenvalue weighted by atomic mass is 19.1. The second-order valence-corrected chi connectivity index (χ2v) is 7.55. The van der Waals surface area contributed by atoms with Crippen LogP contribution in [0.25, 0.3) is 0 Å². The third-order valence-corrected chi connectivity index (χ3v) is 5.69. The molecule has 1 aliphatic carbocycles.